The first-order chi connectivity index (χ1) is 12.3. The van der Waals surface area contributed by atoms with Crippen molar-refractivity contribution in [1.29, 1.82) is 0 Å². The summed E-state index contributed by atoms with van der Waals surface area (Å²) in [6.45, 7) is 5.60. The van der Waals surface area contributed by atoms with Crippen LogP contribution in [0, 0.1) is 0 Å². The van der Waals surface area contributed by atoms with Gasteiger partial charge in [-0.05, 0) is 54.8 Å². The van der Waals surface area contributed by atoms with Crippen LogP contribution < -0.4 is 5.32 Å². The molecule has 2 aliphatic heterocycles. The van der Waals surface area contributed by atoms with E-state index in [4.69, 9.17) is 0 Å². The lowest BCUT2D eigenvalue weighted by molar-refractivity contribution is 0.249. The molecule has 132 valence electrons. The molecule has 2 heterocycles. The van der Waals surface area contributed by atoms with E-state index in [1.54, 1.807) is 0 Å². The first-order valence-corrected chi connectivity index (χ1v) is 9.51. The molecule has 2 saturated heterocycles. The Kier molecular flexibility index (Phi) is 4.88. The van der Waals surface area contributed by atoms with Gasteiger partial charge in [-0.2, -0.15) is 0 Å². The van der Waals surface area contributed by atoms with E-state index < -0.39 is 0 Å². The maximum atomic E-state index is 4.52. The van der Waals surface area contributed by atoms with Crippen LogP contribution in [0.25, 0.3) is 10.8 Å². The SMILES string of the molecule is CN=C(NCc1ccc2ccccc2c1)N1CCC(N2CCCC2)C1. The Morgan fingerprint density at radius 3 is 2.68 bits per heavy atom. The number of aliphatic imine (C=N–C) groups is 1. The number of hydrogen-bond donors (Lipinski definition) is 1. The van der Waals surface area contributed by atoms with E-state index in [-0.39, 0.29) is 0 Å². The Morgan fingerprint density at radius 2 is 1.88 bits per heavy atom. The molecule has 2 fully saturated rings. The Hall–Kier alpha value is -2.07. The van der Waals surface area contributed by atoms with E-state index in [9.17, 15) is 0 Å². The fourth-order valence-electron chi connectivity index (χ4n) is 4.20. The van der Waals surface area contributed by atoms with Gasteiger partial charge in [-0.25, -0.2) is 0 Å². The third-order valence-electron chi connectivity index (χ3n) is 5.60. The topological polar surface area (TPSA) is 30.9 Å². The number of nitrogens with zero attached hydrogens (tertiary/aromatic N) is 3. The molecular weight excluding hydrogens is 308 g/mol. The van der Waals surface area contributed by atoms with E-state index in [0.717, 1.165) is 25.6 Å². The Labute approximate surface area is 150 Å². The van der Waals surface area contributed by atoms with Crippen molar-refractivity contribution in [2.75, 3.05) is 33.2 Å². The molecule has 0 aromatic heterocycles. The minimum absolute atomic E-state index is 0.710. The number of hydrogen-bond acceptors (Lipinski definition) is 2. The quantitative estimate of drug-likeness (QED) is 0.690. The molecule has 2 aliphatic rings. The highest BCUT2D eigenvalue weighted by Gasteiger charge is 2.30. The van der Waals surface area contributed by atoms with Gasteiger partial charge in [0.2, 0.25) is 0 Å². The van der Waals surface area contributed by atoms with Crippen LogP contribution in [0.5, 0.6) is 0 Å². The van der Waals surface area contributed by atoms with Crippen molar-refractivity contribution in [3.63, 3.8) is 0 Å². The van der Waals surface area contributed by atoms with E-state index in [0.29, 0.717) is 6.04 Å². The lowest BCUT2D eigenvalue weighted by Gasteiger charge is -2.25. The lowest BCUT2D eigenvalue weighted by atomic mass is 10.1. The van der Waals surface area contributed by atoms with E-state index in [1.165, 1.54) is 48.7 Å². The average Bonchev–Trinajstić information content (AvgIpc) is 3.34. The number of guanidine groups is 1. The van der Waals surface area contributed by atoms with Crippen LogP contribution >= 0.6 is 0 Å². The Balaban J connectivity index is 1.37. The smallest absolute Gasteiger partial charge is 0.193 e. The zero-order chi connectivity index (χ0) is 17.1. The van der Waals surface area contributed by atoms with Crippen molar-refractivity contribution in [2.45, 2.75) is 31.8 Å². The minimum Gasteiger partial charge on any atom is -0.352 e. The van der Waals surface area contributed by atoms with Crippen LogP contribution in [0.15, 0.2) is 47.5 Å². The predicted octanol–water partition coefficient (Wildman–Crippen LogP) is 3.09. The van der Waals surface area contributed by atoms with Gasteiger partial charge < -0.3 is 10.2 Å². The number of rotatable bonds is 3. The highest BCUT2D eigenvalue weighted by molar-refractivity contribution is 5.83. The first-order valence-electron chi connectivity index (χ1n) is 9.51. The zero-order valence-electron chi connectivity index (χ0n) is 15.1. The summed E-state index contributed by atoms with van der Waals surface area (Å²) in [5.74, 6) is 1.04. The van der Waals surface area contributed by atoms with Gasteiger partial charge in [0.15, 0.2) is 5.96 Å². The van der Waals surface area contributed by atoms with Crippen LogP contribution in [-0.4, -0.2) is 55.0 Å². The molecule has 0 bridgehead atoms. The summed E-state index contributed by atoms with van der Waals surface area (Å²) in [6, 6.07) is 15.9. The van der Waals surface area contributed by atoms with Crippen LogP contribution in [0.1, 0.15) is 24.8 Å². The first kappa shape index (κ1) is 16.4. The van der Waals surface area contributed by atoms with Crippen LogP contribution in [-0.2, 0) is 6.54 Å². The maximum Gasteiger partial charge on any atom is 0.193 e. The van der Waals surface area contributed by atoms with Gasteiger partial charge in [0.25, 0.3) is 0 Å². The summed E-state index contributed by atoms with van der Waals surface area (Å²) in [5, 5.41) is 6.15. The van der Waals surface area contributed by atoms with Crippen LogP contribution in [0.4, 0.5) is 0 Å². The van der Waals surface area contributed by atoms with Gasteiger partial charge in [0.1, 0.15) is 0 Å². The second kappa shape index (κ2) is 7.44. The minimum atomic E-state index is 0.710. The molecule has 0 radical (unpaired) electrons. The molecule has 0 aliphatic carbocycles. The third kappa shape index (κ3) is 3.64. The average molecular weight is 336 g/mol. The molecule has 0 amide bonds. The summed E-state index contributed by atoms with van der Waals surface area (Å²) in [4.78, 5) is 9.61. The number of benzene rings is 2. The lowest BCUT2D eigenvalue weighted by Crippen LogP contribution is -2.42. The van der Waals surface area contributed by atoms with Crippen molar-refractivity contribution in [3.8, 4) is 0 Å². The van der Waals surface area contributed by atoms with E-state index in [2.05, 4.69) is 62.6 Å². The molecule has 1 N–H and O–H groups in total. The summed E-state index contributed by atoms with van der Waals surface area (Å²) >= 11 is 0. The van der Waals surface area contributed by atoms with Crippen molar-refractivity contribution in [2.24, 2.45) is 4.99 Å². The standard InChI is InChI=1S/C21H28N4/c1-22-21(25-13-10-20(16-25)24-11-4-5-12-24)23-15-17-8-9-18-6-2-3-7-19(18)14-17/h2-3,6-9,14,20H,4-5,10-13,15-16H2,1H3,(H,22,23). The summed E-state index contributed by atoms with van der Waals surface area (Å²) in [5.41, 5.74) is 1.30. The highest BCUT2D eigenvalue weighted by atomic mass is 15.3. The molecular formula is C21H28N4. The predicted molar refractivity (Wildman–Crippen MR) is 105 cm³/mol. The summed E-state index contributed by atoms with van der Waals surface area (Å²) in [7, 11) is 1.89. The van der Waals surface area contributed by atoms with Crippen molar-refractivity contribution in [1.82, 2.24) is 15.1 Å². The molecule has 1 unspecified atom stereocenters. The number of likely N-dealkylation sites (tertiary alicyclic amines) is 2. The molecule has 4 heteroatoms. The molecule has 4 nitrogen and oxygen atoms in total. The molecule has 0 spiro atoms. The molecule has 2 aromatic carbocycles. The molecule has 4 rings (SSSR count). The molecule has 0 saturated carbocycles. The zero-order valence-corrected chi connectivity index (χ0v) is 15.1. The molecule has 2 aromatic rings. The second-order valence-electron chi connectivity index (χ2n) is 7.21. The van der Waals surface area contributed by atoms with Gasteiger partial charge in [-0.15, -0.1) is 0 Å². The van der Waals surface area contributed by atoms with Gasteiger partial charge >= 0.3 is 0 Å². The Morgan fingerprint density at radius 1 is 1.08 bits per heavy atom. The Bertz CT molecular complexity index is 748. The van der Waals surface area contributed by atoms with Crippen molar-refractivity contribution >= 4 is 16.7 Å². The fraction of sp³-hybridized carbons (Fsp3) is 0.476. The summed E-state index contributed by atoms with van der Waals surface area (Å²) < 4.78 is 0. The molecule has 1 atom stereocenters. The fourth-order valence-corrected chi connectivity index (χ4v) is 4.20. The van der Waals surface area contributed by atoms with Gasteiger partial charge in [-0.1, -0.05) is 36.4 Å². The van der Waals surface area contributed by atoms with Gasteiger partial charge in [0.05, 0.1) is 0 Å². The third-order valence-corrected chi connectivity index (χ3v) is 5.60. The molecule has 25 heavy (non-hydrogen) atoms. The van der Waals surface area contributed by atoms with Crippen LogP contribution in [0.3, 0.4) is 0 Å². The monoisotopic (exact) mass is 336 g/mol. The highest BCUT2D eigenvalue weighted by Crippen LogP contribution is 2.20. The van der Waals surface area contributed by atoms with E-state index in [1.807, 2.05) is 7.05 Å². The van der Waals surface area contributed by atoms with Crippen molar-refractivity contribution in [3.05, 3.63) is 48.0 Å². The van der Waals surface area contributed by atoms with Crippen LogP contribution in [0.2, 0.25) is 0 Å². The largest absolute Gasteiger partial charge is 0.352 e. The normalized spacial score (nSPS) is 22.0. The number of nitrogens with one attached hydrogen (secondary N) is 1. The second-order valence-corrected chi connectivity index (χ2v) is 7.21. The van der Waals surface area contributed by atoms with Gasteiger partial charge in [-0.3, -0.25) is 9.89 Å². The summed E-state index contributed by atoms with van der Waals surface area (Å²) in [6.07, 6.45) is 3.99. The van der Waals surface area contributed by atoms with Crippen molar-refractivity contribution < 1.29 is 0 Å². The number of fused-ring (bicyclic) bond motifs is 1. The van der Waals surface area contributed by atoms with E-state index >= 15 is 0 Å². The van der Waals surface area contributed by atoms with Gasteiger partial charge in [0, 0.05) is 32.7 Å². The maximum absolute atomic E-state index is 4.52.